The van der Waals surface area contributed by atoms with Gasteiger partial charge in [-0.15, -0.1) is 6.58 Å². The van der Waals surface area contributed by atoms with Crippen LogP contribution in [0.1, 0.15) is 38.5 Å². The van der Waals surface area contributed by atoms with E-state index in [1.165, 1.54) is 38.6 Å². The van der Waals surface area contributed by atoms with Crippen molar-refractivity contribution in [2.24, 2.45) is 11.3 Å². The van der Waals surface area contributed by atoms with Gasteiger partial charge in [0.1, 0.15) is 0 Å². The predicted molar refractivity (Wildman–Crippen MR) is 59.2 cm³/mol. The molecule has 0 radical (unpaired) electrons. The Bertz CT molecular complexity index is 242. The fourth-order valence-corrected chi connectivity index (χ4v) is 4.24. The van der Waals surface area contributed by atoms with Gasteiger partial charge in [-0.2, -0.15) is 0 Å². The second kappa shape index (κ2) is 3.10. The van der Waals surface area contributed by atoms with Crippen molar-refractivity contribution in [1.82, 2.24) is 4.90 Å². The number of fused-ring (bicyclic) bond motifs is 2. The maximum Gasteiger partial charge on any atom is 0.0183 e. The van der Waals surface area contributed by atoms with Gasteiger partial charge in [-0.05, 0) is 50.0 Å². The molecule has 3 fully saturated rings. The number of likely N-dealkylation sites (tertiary alicyclic amines) is 1. The van der Waals surface area contributed by atoms with Crippen LogP contribution in [0.3, 0.4) is 0 Å². The van der Waals surface area contributed by atoms with Crippen molar-refractivity contribution in [3.8, 4) is 0 Å². The summed E-state index contributed by atoms with van der Waals surface area (Å²) in [5.41, 5.74) is 0.786. The molecule has 78 valence electrons. The molecule has 2 saturated carbocycles. The maximum atomic E-state index is 3.89. The molecule has 2 atom stereocenters. The van der Waals surface area contributed by atoms with Crippen LogP contribution in [0.15, 0.2) is 12.7 Å². The van der Waals surface area contributed by atoms with Crippen LogP contribution in [0.4, 0.5) is 0 Å². The van der Waals surface area contributed by atoms with Gasteiger partial charge in [0.05, 0.1) is 0 Å². The molecule has 3 rings (SSSR count). The lowest BCUT2D eigenvalue weighted by atomic mass is 9.46. The largest absolute Gasteiger partial charge is 0.296 e. The Hall–Kier alpha value is -0.300. The molecule has 1 spiro atoms. The molecular weight excluding hydrogens is 170 g/mol. The van der Waals surface area contributed by atoms with Crippen molar-refractivity contribution in [3.05, 3.63) is 12.7 Å². The van der Waals surface area contributed by atoms with Gasteiger partial charge < -0.3 is 0 Å². The molecule has 1 heteroatoms. The third-order valence-corrected chi connectivity index (χ3v) is 4.87. The highest BCUT2D eigenvalue weighted by atomic mass is 15.2. The molecular formula is C13H21N. The molecule has 2 aliphatic carbocycles. The maximum absolute atomic E-state index is 3.89. The van der Waals surface area contributed by atoms with E-state index in [2.05, 4.69) is 17.6 Å². The summed E-state index contributed by atoms with van der Waals surface area (Å²) in [5, 5.41) is 0. The molecule has 0 aromatic heterocycles. The molecule has 0 N–H and O–H groups in total. The van der Waals surface area contributed by atoms with Crippen LogP contribution < -0.4 is 0 Å². The van der Waals surface area contributed by atoms with Crippen LogP contribution in [0.2, 0.25) is 0 Å². The number of nitrogens with zero attached hydrogens (tertiary/aromatic N) is 1. The summed E-state index contributed by atoms with van der Waals surface area (Å²) in [6.45, 7) is 6.34. The Morgan fingerprint density at radius 1 is 1.36 bits per heavy atom. The first-order chi connectivity index (χ1) is 6.86. The first-order valence-electron chi connectivity index (χ1n) is 6.21. The van der Waals surface area contributed by atoms with E-state index < -0.39 is 0 Å². The average Bonchev–Trinajstić information content (AvgIpc) is 2.05. The smallest absolute Gasteiger partial charge is 0.0183 e. The predicted octanol–water partition coefficient (Wildman–Crippen LogP) is 2.83. The number of hydrogen-bond acceptors (Lipinski definition) is 1. The van der Waals surface area contributed by atoms with Crippen molar-refractivity contribution in [1.29, 1.82) is 0 Å². The molecule has 1 saturated heterocycles. The average molecular weight is 191 g/mol. The lowest BCUT2D eigenvalue weighted by Crippen LogP contribution is -2.66. The standard InChI is InChI=1S/C13H21N/c1-2-8-14-9-3-5-11-10-13(12(11)14)6-4-7-13/h2,11-12H,1,3-10H2/t11-,12-/m0/s1. The van der Waals surface area contributed by atoms with E-state index in [0.29, 0.717) is 0 Å². The summed E-state index contributed by atoms with van der Waals surface area (Å²) in [5.74, 6) is 1.05. The lowest BCUT2D eigenvalue weighted by molar-refractivity contribution is -0.147. The van der Waals surface area contributed by atoms with Gasteiger partial charge >= 0.3 is 0 Å². The van der Waals surface area contributed by atoms with Gasteiger partial charge in [-0.1, -0.05) is 12.5 Å². The second-order valence-corrected chi connectivity index (χ2v) is 5.55. The zero-order chi connectivity index (χ0) is 9.60. The van der Waals surface area contributed by atoms with Gasteiger partial charge in [-0.3, -0.25) is 4.90 Å². The van der Waals surface area contributed by atoms with E-state index in [1.807, 2.05) is 0 Å². The van der Waals surface area contributed by atoms with Crippen molar-refractivity contribution in [2.75, 3.05) is 13.1 Å². The van der Waals surface area contributed by atoms with E-state index in [0.717, 1.165) is 23.9 Å². The Morgan fingerprint density at radius 2 is 2.21 bits per heavy atom. The van der Waals surface area contributed by atoms with Crippen LogP contribution in [-0.4, -0.2) is 24.0 Å². The highest BCUT2D eigenvalue weighted by Crippen LogP contribution is 2.62. The fourth-order valence-electron chi connectivity index (χ4n) is 4.24. The van der Waals surface area contributed by atoms with Crippen molar-refractivity contribution in [2.45, 2.75) is 44.6 Å². The summed E-state index contributed by atoms with van der Waals surface area (Å²) >= 11 is 0. The number of piperidine rings is 1. The molecule has 0 amide bonds. The van der Waals surface area contributed by atoms with E-state index in [1.54, 1.807) is 6.42 Å². The van der Waals surface area contributed by atoms with E-state index in [9.17, 15) is 0 Å². The third kappa shape index (κ3) is 1.05. The molecule has 1 aliphatic heterocycles. The third-order valence-electron chi connectivity index (χ3n) is 4.87. The molecule has 3 aliphatic rings. The number of hydrogen-bond donors (Lipinski definition) is 0. The monoisotopic (exact) mass is 191 g/mol. The molecule has 1 nitrogen and oxygen atoms in total. The Morgan fingerprint density at radius 3 is 2.86 bits per heavy atom. The Balaban J connectivity index is 1.75. The van der Waals surface area contributed by atoms with Crippen LogP contribution >= 0.6 is 0 Å². The van der Waals surface area contributed by atoms with Gasteiger partial charge in [0.15, 0.2) is 0 Å². The first kappa shape index (κ1) is 8.96. The van der Waals surface area contributed by atoms with Gasteiger partial charge in [-0.25, -0.2) is 0 Å². The summed E-state index contributed by atoms with van der Waals surface area (Å²) in [6, 6.07) is 0.947. The highest BCUT2D eigenvalue weighted by Gasteiger charge is 2.58. The summed E-state index contributed by atoms with van der Waals surface area (Å²) < 4.78 is 0. The van der Waals surface area contributed by atoms with E-state index >= 15 is 0 Å². The van der Waals surface area contributed by atoms with E-state index in [4.69, 9.17) is 0 Å². The van der Waals surface area contributed by atoms with Gasteiger partial charge in [0.25, 0.3) is 0 Å². The van der Waals surface area contributed by atoms with Crippen LogP contribution in [0.5, 0.6) is 0 Å². The van der Waals surface area contributed by atoms with Gasteiger partial charge in [0.2, 0.25) is 0 Å². The van der Waals surface area contributed by atoms with Crippen LogP contribution in [0.25, 0.3) is 0 Å². The fraction of sp³-hybridized carbons (Fsp3) is 0.846. The quantitative estimate of drug-likeness (QED) is 0.607. The molecule has 0 bridgehead atoms. The van der Waals surface area contributed by atoms with Crippen molar-refractivity contribution >= 4 is 0 Å². The molecule has 1 heterocycles. The molecule has 0 aromatic rings. The van der Waals surface area contributed by atoms with Crippen LogP contribution in [-0.2, 0) is 0 Å². The molecule has 0 aromatic carbocycles. The molecule has 0 unspecified atom stereocenters. The topological polar surface area (TPSA) is 3.24 Å². The summed E-state index contributed by atoms with van der Waals surface area (Å²) in [4.78, 5) is 2.71. The summed E-state index contributed by atoms with van der Waals surface area (Å²) in [6.07, 6.45) is 11.1. The first-order valence-corrected chi connectivity index (χ1v) is 6.21. The minimum Gasteiger partial charge on any atom is -0.296 e. The minimum absolute atomic E-state index is 0.786. The number of rotatable bonds is 2. The zero-order valence-electron chi connectivity index (χ0n) is 9.04. The Labute approximate surface area is 87.2 Å². The van der Waals surface area contributed by atoms with Crippen molar-refractivity contribution < 1.29 is 0 Å². The normalized spacial score (nSPS) is 39.7. The second-order valence-electron chi connectivity index (χ2n) is 5.55. The van der Waals surface area contributed by atoms with Crippen molar-refractivity contribution in [3.63, 3.8) is 0 Å². The SMILES string of the molecule is C=CCN1CCC[C@H]2CC3(CCC3)[C@H]21. The Kier molecular flexibility index (Phi) is 1.98. The minimum atomic E-state index is 0.786. The van der Waals surface area contributed by atoms with E-state index in [-0.39, 0.29) is 0 Å². The van der Waals surface area contributed by atoms with Crippen LogP contribution in [0, 0.1) is 11.3 Å². The van der Waals surface area contributed by atoms with Gasteiger partial charge in [0, 0.05) is 12.6 Å². The highest BCUT2D eigenvalue weighted by molar-refractivity contribution is 5.12. The molecule has 14 heavy (non-hydrogen) atoms. The lowest BCUT2D eigenvalue weighted by Gasteiger charge is -2.66. The zero-order valence-corrected chi connectivity index (χ0v) is 9.04. The summed E-state index contributed by atoms with van der Waals surface area (Å²) in [7, 11) is 0.